The molecule has 2 aromatic rings. The summed E-state index contributed by atoms with van der Waals surface area (Å²) in [6.45, 7) is 0.688. The van der Waals surface area contributed by atoms with Crippen molar-refractivity contribution in [3.05, 3.63) is 18.2 Å². The van der Waals surface area contributed by atoms with E-state index in [0.29, 0.717) is 29.3 Å². The van der Waals surface area contributed by atoms with Crippen molar-refractivity contribution in [3.8, 4) is 0 Å². The number of aliphatic hydroxyl groups is 1. The van der Waals surface area contributed by atoms with Crippen LogP contribution in [0.15, 0.2) is 22.6 Å². The molecule has 5 nitrogen and oxygen atoms in total. The fraction of sp³-hybridized carbons (Fsp3) is 0.500. The smallest absolute Gasteiger partial charge is 0.295 e. The molecule has 2 unspecified atom stereocenters. The Bertz CT molecular complexity index is 567. The minimum Gasteiger partial charge on any atom is -0.423 e. The van der Waals surface area contributed by atoms with Gasteiger partial charge in [-0.25, -0.2) is 0 Å². The Labute approximate surface area is 111 Å². The van der Waals surface area contributed by atoms with Crippen molar-refractivity contribution < 1.29 is 9.52 Å². The Morgan fingerprint density at radius 2 is 2.21 bits per heavy atom. The van der Waals surface area contributed by atoms with Gasteiger partial charge in [-0.05, 0) is 25.0 Å². The zero-order chi connectivity index (χ0) is 13.2. The molecule has 19 heavy (non-hydrogen) atoms. The summed E-state index contributed by atoms with van der Waals surface area (Å²) in [5.74, 6) is 0.279. The fourth-order valence-corrected chi connectivity index (χ4v) is 2.69. The van der Waals surface area contributed by atoms with E-state index in [2.05, 4.69) is 10.3 Å². The van der Waals surface area contributed by atoms with E-state index >= 15 is 0 Å². The van der Waals surface area contributed by atoms with Gasteiger partial charge in [-0.3, -0.25) is 0 Å². The third kappa shape index (κ3) is 2.51. The Kier molecular flexibility index (Phi) is 3.29. The second-order valence-corrected chi connectivity index (χ2v) is 5.21. The maximum absolute atomic E-state index is 9.92. The van der Waals surface area contributed by atoms with Crippen molar-refractivity contribution in [2.75, 3.05) is 17.6 Å². The van der Waals surface area contributed by atoms with E-state index in [4.69, 9.17) is 10.2 Å². The maximum Gasteiger partial charge on any atom is 0.295 e. The highest BCUT2D eigenvalue weighted by molar-refractivity contribution is 5.86. The molecular formula is C14H19N3O2. The molecule has 1 aliphatic carbocycles. The highest BCUT2D eigenvalue weighted by Gasteiger charge is 2.23. The summed E-state index contributed by atoms with van der Waals surface area (Å²) in [6.07, 6.45) is 4.04. The number of nitrogens with one attached hydrogen (secondary N) is 1. The van der Waals surface area contributed by atoms with Gasteiger partial charge in [0.2, 0.25) is 0 Å². The van der Waals surface area contributed by atoms with Gasteiger partial charge >= 0.3 is 0 Å². The van der Waals surface area contributed by atoms with Gasteiger partial charge in [0.1, 0.15) is 5.52 Å². The molecule has 0 amide bonds. The Hall–Kier alpha value is -1.75. The molecule has 1 aromatic heterocycles. The third-order valence-electron chi connectivity index (χ3n) is 3.83. The molecule has 0 bridgehead atoms. The van der Waals surface area contributed by atoms with Gasteiger partial charge in [-0.1, -0.05) is 18.9 Å². The van der Waals surface area contributed by atoms with Crippen LogP contribution in [0.1, 0.15) is 25.7 Å². The first kappa shape index (κ1) is 12.3. The predicted molar refractivity (Wildman–Crippen MR) is 74.9 cm³/mol. The average Bonchev–Trinajstić information content (AvgIpc) is 2.82. The number of aromatic nitrogens is 1. The van der Waals surface area contributed by atoms with Crippen molar-refractivity contribution in [2.24, 2.45) is 5.92 Å². The number of anilines is 2. The van der Waals surface area contributed by atoms with E-state index in [1.807, 2.05) is 12.1 Å². The van der Waals surface area contributed by atoms with E-state index in [1.54, 1.807) is 6.07 Å². The molecule has 1 fully saturated rings. The molecule has 0 radical (unpaired) electrons. The maximum atomic E-state index is 9.92. The number of rotatable bonds is 3. The molecule has 2 atom stereocenters. The number of nitrogens with two attached hydrogens (primary N) is 1. The topological polar surface area (TPSA) is 84.3 Å². The number of aliphatic hydroxyl groups excluding tert-OH is 1. The van der Waals surface area contributed by atoms with Crippen LogP contribution in [-0.2, 0) is 0 Å². The Morgan fingerprint density at radius 3 is 3.00 bits per heavy atom. The molecule has 1 aromatic carbocycles. The van der Waals surface area contributed by atoms with Crippen LogP contribution in [0, 0.1) is 5.92 Å². The molecule has 1 aliphatic rings. The minimum atomic E-state index is -0.212. The van der Waals surface area contributed by atoms with Gasteiger partial charge in [-0.2, -0.15) is 4.98 Å². The second kappa shape index (κ2) is 5.09. The molecule has 1 saturated carbocycles. The largest absolute Gasteiger partial charge is 0.423 e. The number of oxazole rings is 1. The summed E-state index contributed by atoms with van der Waals surface area (Å²) in [7, 11) is 0. The lowest BCUT2D eigenvalue weighted by molar-refractivity contribution is 0.0761. The van der Waals surface area contributed by atoms with Gasteiger partial charge in [0.25, 0.3) is 6.01 Å². The number of nitrogens with zero attached hydrogens (tertiary/aromatic N) is 1. The molecule has 5 heteroatoms. The number of hydrogen-bond acceptors (Lipinski definition) is 5. The highest BCUT2D eigenvalue weighted by atomic mass is 16.4. The molecule has 1 heterocycles. The molecule has 102 valence electrons. The molecule has 0 saturated heterocycles. The summed E-state index contributed by atoms with van der Waals surface area (Å²) in [5, 5.41) is 13.1. The minimum absolute atomic E-state index is 0.212. The van der Waals surface area contributed by atoms with Crippen molar-refractivity contribution in [1.29, 1.82) is 0 Å². The third-order valence-corrected chi connectivity index (χ3v) is 3.83. The van der Waals surface area contributed by atoms with Gasteiger partial charge < -0.3 is 20.6 Å². The SMILES string of the molecule is Nc1cccc2oc(NCC3CCCCC3O)nc12. The number of benzene rings is 1. The lowest BCUT2D eigenvalue weighted by Crippen LogP contribution is -2.30. The standard InChI is InChI=1S/C14H19N3O2/c15-10-5-3-7-12-13(10)17-14(19-12)16-8-9-4-1-2-6-11(9)18/h3,5,7,9,11,18H,1-2,4,6,8,15H2,(H,16,17). The van der Waals surface area contributed by atoms with Crippen molar-refractivity contribution >= 4 is 22.8 Å². The highest BCUT2D eigenvalue weighted by Crippen LogP contribution is 2.26. The number of para-hydroxylation sites is 1. The van der Waals surface area contributed by atoms with Crippen LogP contribution in [0.2, 0.25) is 0 Å². The van der Waals surface area contributed by atoms with Gasteiger partial charge in [0.15, 0.2) is 5.58 Å². The van der Waals surface area contributed by atoms with Crippen molar-refractivity contribution in [1.82, 2.24) is 4.98 Å². The van der Waals surface area contributed by atoms with Crippen molar-refractivity contribution in [3.63, 3.8) is 0 Å². The molecule has 4 N–H and O–H groups in total. The first-order valence-electron chi connectivity index (χ1n) is 6.81. The van der Waals surface area contributed by atoms with E-state index < -0.39 is 0 Å². The Morgan fingerprint density at radius 1 is 1.37 bits per heavy atom. The zero-order valence-electron chi connectivity index (χ0n) is 10.8. The van der Waals surface area contributed by atoms with Crippen LogP contribution >= 0.6 is 0 Å². The summed E-state index contributed by atoms with van der Waals surface area (Å²) in [4.78, 5) is 4.34. The van der Waals surface area contributed by atoms with Crippen LogP contribution in [0.4, 0.5) is 11.7 Å². The molecule has 0 spiro atoms. The first-order valence-corrected chi connectivity index (χ1v) is 6.81. The van der Waals surface area contributed by atoms with Gasteiger partial charge in [0.05, 0.1) is 11.8 Å². The molecule has 0 aliphatic heterocycles. The lowest BCUT2D eigenvalue weighted by atomic mass is 9.86. The summed E-state index contributed by atoms with van der Waals surface area (Å²) >= 11 is 0. The van der Waals surface area contributed by atoms with E-state index in [1.165, 1.54) is 6.42 Å². The van der Waals surface area contributed by atoms with E-state index in [9.17, 15) is 5.11 Å². The van der Waals surface area contributed by atoms with E-state index in [-0.39, 0.29) is 12.0 Å². The van der Waals surface area contributed by atoms with Crippen LogP contribution in [-0.4, -0.2) is 22.7 Å². The zero-order valence-corrected chi connectivity index (χ0v) is 10.8. The lowest BCUT2D eigenvalue weighted by Gasteiger charge is -2.27. The van der Waals surface area contributed by atoms with E-state index in [0.717, 1.165) is 19.3 Å². The second-order valence-electron chi connectivity index (χ2n) is 5.21. The number of nitrogen functional groups attached to an aromatic ring is 1. The molecular weight excluding hydrogens is 242 g/mol. The monoisotopic (exact) mass is 261 g/mol. The van der Waals surface area contributed by atoms with Crippen LogP contribution in [0.5, 0.6) is 0 Å². The van der Waals surface area contributed by atoms with Crippen LogP contribution in [0.3, 0.4) is 0 Å². The van der Waals surface area contributed by atoms with Crippen LogP contribution in [0.25, 0.3) is 11.1 Å². The first-order chi connectivity index (χ1) is 9.24. The van der Waals surface area contributed by atoms with Gasteiger partial charge in [0, 0.05) is 12.5 Å². The average molecular weight is 261 g/mol. The normalized spacial score (nSPS) is 23.6. The number of fused-ring (bicyclic) bond motifs is 1. The summed E-state index contributed by atoms with van der Waals surface area (Å²) in [5.41, 5.74) is 7.83. The molecule has 3 rings (SSSR count). The summed E-state index contributed by atoms with van der Waals surface area (Å²) in [6, 6.07) is 5.97. The Balaban J connectivity index is 1.69. The predicted octanol–water partition coefficient (Wildman–Crippen LogP) is 2.37. The van der Waals surface area contributed by atoms with Gasteiger partial charge in [-0.15, -0.1) is 0 Å². The van der Waals surface area contributed by atoms with Crippen LogP contribution < -0.4 is 11.1 Å². The quantitative estimate of drug-likeness (QED) is 0.739. The number of hydrogen-bond donors (Lipinski definition) is 3. The van der Waals surface area contributed by atoms with Crippen molar-refractivity contribution in [2.45, 2.75) is 31.8 Å². The summed E-state index contributed by atoms with van der Waals surface area (Å²) < 4.78 is 5.59. The fourth-order valence-electron chi connectivity index (χ4n) is 2.69.